The van der Waals surface area contributed by atoms with Gasteiger partial charge in [0.15, 0.2) is 0 Å². The molecule has 0 aromatic rings. The van der Waals surface area contributed by atoms with Crippen molar-refractivity contribution in [2.24, 2.45) is 5.73 Å². The second-order valence-corrected chi connectivity index (χ2v) is 7.08. The summed E-state index contributed by atoms with van der Waals surface area (Å²) in [7, 11) is 0. The summed E-state index contributed by atoms with van der Waals surface area (Å²) in [6.07, 6.45) is 7.14. The molecule has 0 aromatic carbocycles. The minimum Gasteiger partial charge on any atom is -0.392 e. The summed E-state index contributed by atoms with van der Waals surface area (Å²) in [6.45, 7) is 7.34. The Morgan fingerprint density at radius 2 is 1.61 bits per heavy atom. The van der Waals surface area contributed by atoms with E-state index in [2.05, 4.69) is 16.1 Å². The first-order chi connectivity index (χ1) is 8.66. The Kier molecular flexibility index (Phi) is 5.30. The van der Waals surface area contributed by atoms with Gasteiger partial charge in [-0.2, -0.15) is 11.8 Å². The summed E-state index contributed by atoms with van der Waals surface area (Å²) in [6, 6.07) is 0. The van der Waals surface area contributed by atoms with Gasteiger partial charge >= 0.3 is 0 Å². The van der Waals surface area contributed by atoms with E-state index in [4.69, 9.17) is 18.0 Å². The van der Waals surface area contributed by atoms with Crippen LogP contribution in [0, 0.1) is 0 Å². The normalized spacial score (nSPS) is 25.4. The topological polar surface area (TPSA) is 32.5 Å². The van der Waals surface area contributed by atoms with E-state index in [9.17, 15) is 0 Å². The van der Waals surface area contributed by atoms with Crippen LogP contribution in [0.25, 0.3) is 0 Å². The molecule has 2 aliphatic rings. The van der Waals surface area contributed by atoms with Gasteiger partial charge in [0.1, 0.15) is 0 Å². The van der Waals surface area contributed by atoms with E-state index in [-0.39, 0.29) is 4.75 Å². The Morgan fingerprint density at radius 3 is 2.06 bits per heavy atom. The SMILES string of the molecule is CSC1(C(N)=S)CCN(CCN2CCCC2)CC1. The summed E-state index contributed by atoms with van der Waals surface area (Å²) < 4.78 is 0.0689. The molecule has 0 atom stereocenters. The molecular weight excluding hydrogens is 262 g/mol. The van der Waals surface area contributed by atoms with E-state index in [1.807, 2.05) is 11.8 Å². The van der Waals surface area contributed by atoms with Crippen LogP contribution in [0.15, 0.2) is 0 Å². The zero-order valence-corrected chi connectivity index (χ0v) is 13.0. The van der Waals surface area contributed by atoms with Gasteiger partial charge in [-0.3, -0.25) is 0 Å². The largest absolute Gasteiger partial charge is 0.392 e. The molecule has 2 fully saturated rings. The number of hydrogen-bond acceptors (Lipinski definition) is 4. The van der Waals surface area contributed by atoms with Crippen LogP contribution in [0.3, 0.4) is 0 Å². The Labute approximate surface area is 120 Å². The van der Waals surface area contributed by atoms with Crippen LogP contribution in [-0.2, 0) is 0 Å². The molecule has 2 aliphatic heterocycles. The van der Waals surface area contributed by atoms with Gasteiger partial charge in [0.25, 0.3) is 0 Å². The van der Waals surface area contributed by atoms with Crippen molar-refractivity contribution in [3.63, 3.8) is 0 Å². The Morgan fingerprint density at radius 1 is 1.11 bits per heavy atom. The Bertz CT molecular complexity index is 282. The number of thioether (sulfide) groups is 1. The summed E-state index contributed by atoms with van der Waals surface area (Å²) in [5, 5.41) is 0. The highest BCUT2D eigenvalue weighted by Crippen LogP contribution is 2.34. The van der Waals surface area contributed by atoms with E-state index in [0.717, 1.165) is 25.9 Å². The minimum atomic E-state index is 0.0689. The first kappa shape index (κ1) is 14.6. The van der Waals surface area contributed by atoms with E-state index < -0.39 is 0 Å². The molecular formula is C13H25N3S2. The molecule has 2 heterocycles. The molecule has 0 bridgehead atoms. The lowest BCUT2D eigenvalue weighted by atomic mass is 9.95. The van der Waals surface area contributed by atoms with Crippen molar-refractivity contribution < 1.29 is 0 Å². The smallest absolute Gasteiger partial charge is 0.0891 e. The van der Waals surface area contributed by atoms with Gasteiger partial charge in [-0.25, -0.2) is 0 Å². The summed E-state index contributed by atoms with van der Waals surface area (Å²) in [4.78, 5) is 5.86. The summed E-state index contributed by atoms with van der Waals surface area (Å²) >= 11 is 7.09. The Balaban J connectivity index is 1.74. The van der Waals surface area contributed by atoms with E-state index in [1.54, 1.807) is 0 Å². The molecule has 5 heteroatoms. The van der Waals surface area contributed by atoms with Crippen LogP contribution >= 0.6 is 24.0 Å². The third kappa shape index (κ3) is 3.38. The van der Waals surface area contributed by atoms with Gasteiger partial charge in [0.2, 0.25) is 0 Å². The molecule has 0 aromatic heterocycles. The fourth-order valence-corrected chi connectivity index (χ4v) is 4.22. The number of nitrogens with two attached hydrogens (primary N) is 1. The number of thiocarbonyl (C=S) groups is 1. The Hall–Kier alpha value is 0.160. The van der Waals surface area contributed by atoms with Gasteiger partial charge in [-0.1, -0.05) is 12.2 Å². The fourth-order valence-electron chi connectivity index (χ4n) is 2.98. The highest BCUT2D eigenvalue weighted by Gasteiger charge is 2.36. The molecule has 18 heavy (non-hydrogen) atoms. The third-order valence-electron chi connectivity index (χ3n) is 4.43. The number of rotatable bonds is 5. The van der Waals surface area contributed by atoms with Crippen LogP contribution in [0.4, 0.5) is 0 Å². The van der Waals surface area contributed by atoms with Crippen LogP contribution in [0.1, 0.15) is 25.7 Å². The second kappa shape index (κ2) is 6.55. The maximum Gasteiger partial charge on any atom is 0.0891 e. The molecule has 0 saturated carbocycles. The van der Waals surface area contributed by atoms with Crippen molar-refractivity contribution in [3.8, 4) is 0 Å². The average molecular weight is 287 g/mol. The van der Waals surface area contributed by atoms with Crippen molar-refractivity contribution in [3.05, 3.63) is 0 Å². The number of likely N-dealkylation sites (tertiary alicyclic amines) is 2. The maximum absolute atomic E-state index is 5.92. The highest BCUT2D eigenvalue weighted by molar-refractivity contribution is 8.02. The lowest BCUT2D eigenvalue weighted by Crippen LogP contribution is -2.50. The van der Waals surface area contributed by atoms with Gasteiger partial charge in [-0.15, -0.1) is 0 Å². The van der Waals surface area contributed by atoms with Crippen LogP contribution in [0.5, 0.6) is 0 Å². The molecule has 3 nitrogen and oxygen atoms in total. The molecule has 2 N–H and O–H groups in total. The molecule has 0 radical (unpaired) electrons. The fraction of sp³-hybridized carbons (Fsp3) is 0.923. The van der Waals surface area contributed by atoms with Gasteiger partial charge in [-0.05, 0) is 58.1 Å². The van der Waals surface area contributed by atoms with Crippen LogP contribution in [0.2, 0.25) is 0 Å². The lowest BCUT2D eigenvalue weighted by Gasteiger charge is -2.40. The average Bonchev–Trinajstić information content (AvgIpc) is 2.90. The van der Waals surface area contributed by atoms with Crippen molar-refractivity contribution in [2.75, 3.05) is 45.5 Å². The summed E-state index contributed by atoms with van der Waals surface area (Å²) in [5.74, 6) is 0. The quantitative estimate of drug-likeness (QED) is 0.776. The highest BCUT2D eigenvalue weighted by atomic mass is 32.2. The predicted molar refractivity (Wildman–Crippen MR) is 84.4 cm³/mol. The van der Waals surface area contributed by atoms with Gasteiger partial charge < -0.3 is 15.5 Å². The monoisotopic (exact) mass is 287 g/mol. The van der Waals surface area contributed by atoms with Gasteiger partial charge in [0.05, 0.1) is 9.74 Å². The lowest BCUT2D eigenvalue weighted by molar-refractivity contribution is 0.190. The third-order valence-corrected chi connectivity index (χ3v) is 6.36. The predicted octanol–water partition coefficient (Wildman–Crippen LogP) is 1.57. The number of nitrogens with zero attached hydrogens (tertiary/aromatic N) is 2. The van der Waals surface area contributed by atoms with Gasteiger partial charge in [0, 0.05) is 13.1 Å². The molecule has 0 unspecified atom stereocenters. The van der Waals surface area contributed by atoms with E-state index in [0.29, 0.717) is 4.99 Å². The molecule has 0 amide bonds. The standard InChI is InChI=1S/C13H25N3S2/c1-18-13(12(14)17)4-8-16(9-5-13)11-10-15-6-2-3-7-15/h2-11H2,1H3,(H2,14,17). The molecule has 0 spiro atoms. The zero-order valence-electron chi connectivity index (χ0n) is 11.4. The molecule has 104 valence electrons. The van der Waals surface area contributed by atoms with Crippen molar-refractivity contribution in [2.45, 2.75) is 30.4 Å². The van der Waals surface area contributed by atoms with E-state index in [1.165, 1.54) is 39.0 Å². The van der Waals surface area contributed by atoms with Crippen molar-refractivity contribution >= 4 is 29.0 Å². The maximum atomic E-state index is 5.92. The number of piperidine rings is 1. The van der Waals surface area contributed by atoms with Crippen molar-refractivity contribution in [1.82, 2.24) is 9.80 Å². The first-order valence-corrected chi connectivity index (χ1v) is 8.59. The first-order valence-electron chi connectivity index (χ1n) is 6.96. The zero-order chi connectivity index (χ0) is 13.0. The molecule has 2 rings (SSSR count). The van der Waals surface area contributed by atoms with Crippen molar-refractivity contribution in [1.29, 1.82) is 0 Å². The van der Waals surface area contributed by atoms with Crippen LogP contribution in [-0.4, -0.2) is 65.1 Å². The number of hydrogen-bond donors (Lipinski definition) is 1. The van der Waals surface area contributed by atoms with E-state index >= 15 is 0 Å². The van der Waals surface area contributed by atoms with Crippen LogP contribution < -0.4 is 5.73 Å². The molecule has 0 aliphatic carbocycles. The second-order valence-electron chi connectivity index (χ2n) is 5.45. The minimum absolute atomic E-state index is 0.0689. The molecule has 2 saturated heterocycles. The summed E-state index contributed by atoms with van der Waals surface area (Å²) in [5.41, 5.74) is 5.92.